The van der Waals surface area contributed by atoms with Crippen LogP contribution >= 0.6 is 11.8 Å². The lowest BCUT2D eigenvalue weighted by Gasteiger charge is -2.31. The molecule has 1 aliphatic rings. The molecule has 10 heteroatoms. The fourth-order valence-electron chi connectivity index (χ4n) is 4.14. The zero-order chi connectivity index (χ0) is 26.2. The third-order valence-electron chi connectivity index (χ3n) is 6.10. The van der Waals surface area contributed by atoms with Gasteiger partial charge in [-0.25, -0.2) is 22.8 Å². The second-order valence-corrected chi connectivity index (χ2v) is 11.4. The van der Waals surface area contributed by atoms with Crippen molar-refractivity contribution in [1.82, 2.24) is 9.97 Å². The number of para-hydroxylation sites is 1. The molecule has 0 unspecified atom stereocenters. The Balaban J connectivity index is 1.41. The van der Waals surface area contributed by atoms with Crippen molar-refractivity contribution in [1.29, 1.82) is 0 Å². The summed E-state index contributed by atoms with van der Waals surface area (Å²) in [5, 5.41) is 3.03. The Bertz CT molecular complexity index is 1630. The molecular formula is C27H23FN4O3S2. The molecule has 1 aromatic heterocycles. The van der Waals surface area contributed by atoms with Crippen LogP contribution in [0.25, 0.3) is 11.3 Å². The highest BCUT2D eigenvalue weighted by molar-refractivity contribution is 7.99. The molecule has 2 heterocycles. The second-order valence-electron chi connectivity index (χ2n) is 8.62. The number of aromatic nitrogens is 2. The van der Waals surface area contributed by atoms with Crippen LogP contribution in [0.1, 0.15) is 16.7 Å². The molecule has 0 saturated heterocycles. The van der Waals surface area contributed by atoms with Crippen LogP contribution in [-0.2, 0) is 21.4 Å². The number of sulfonamides is 1. The van der Waals surface area contributed by atoms with Crippen molar-refractivity contribution in [2.45, 2.75) is 30.4 Å². The Kier molecular flexibility index (Phi) is 6.70. The second kappa shape index (κ2) is 9.95. The molecule has 1 N–H and O–H groups in total. The Labute approximate surface area is 218 Å². The smallest absolute Gasteiger partial charge is 0.268 e. The SMILES string of the molecule is Cc1ccccc1CN1c2ccccc2-c2nc(SCC(=O)Nc3ccc(F)cc3C)ncc2S1(=O)=O. The molecule has 0 radical (unpaired) electrons. The van der Waals surface area contributed by atoms with E-state index in [0.717, 1.165) is 22.9 Å². The maximum absolute atomic E-state index is 13.7. The summed E-state index contributed by atoms with van der Waals surface area (Å²) in [6, 6.07) is 19.0. The number of rotatable bonds is 6. The van der Waals surface area contributed by atoms with Crippen LogP contribution in [0, 0.1) is 19.7 Å². The van der Waals surface area contributed by atoms with E-state index < -0.39 is 10.0 Å². The first kappa shape index (κ1) is 24.9. The summed E-state index contributed by atoms with van der Waals surface area (Å²) in [4.78, 5) is 21.3. The van der Waals surface area contributed by atoms with E-state index in [4.69, 9.17) is 0 Å². The van der Waals surface area contributed by atoms with Gasteiger partial charge in [-0.15, -0.1) is 0 Å². The van der Waals surface area contributed by atoms with Gasteiger partial charge in [0.05, 0.1) is 29.9 Å². The molecule has 4 aromatic rings. The van der Waals surface area contributed by atoms with Gasteiger partial charge in [0.25, 0.3) is 10.0 Å². The summed E-state index contributed by atoms with van der Waals surface area (Å²) in [5.41, 5.74) is 4.56. The highest BCUT2D eigenvalue weighted by Crippen LogP contribution is 2.43. The van der Waals surface area contributed by atoms with E-state index in [1.165, 1.54) is 28.7 Å². The number of nitrogens with one attached hydrogen (secondary N) is 1. The predicted molar refractivity (Wildman–Crippen MR) is 143 cm³/mol. The fraction of sp³-hybridized carbons (Fsp3) is 0.148. The van der Waals surface area contributed by atoms with Gasteiger partial charge >= 0.3 is 0 Å². The lowest BCUT2D eigenvalue weighted by atomic mass is 10.1. The maximum Gasteiger partial charge on any atom is 0.268 e. The Morgan fingerprint density at radius 1 is 1.03 bits per heavy atom. The highest BCUT2D eigenvalue weighted by Gasteiger charge is 2.36. The monoisotopic (exact) mass is 534 g/mol. The number of hydrogen-bond acceptors (Lipinski definition) is 6. The van der Waals surface area contributed by atoms with Crippen molar-refractivity contribution in [3.05, 3.63) is 95.4 Å². The van der Waals surface area contributed by atoms with Crippen LogP contribution in [0.5, 0.6) is 0 Å². The third kappa shape index (κ3) is 4.94. The van der Waals surface area contributed by atoms with Crippen LogP contribution in [0.15, 0.2) is 83.0 Å². The van der Waals surface area contributed by atoms with E-state index in [-0.39, 0.29) is 34.1 Å². The van der Waals surface area contributed by atoms with Crippen molar-refractivity contribution >= 4 is 39.1 Å². The van der Waals surface area contributed by atoms with Gasteiger partial charge in [0, 0.05) is 11.3 Å². The maximum atomic E-state index is 13.7. The molecule has 0 atom stereocenters. The molecule has 5 rings (SSSR count). The van der Waals surface area contributed by atoms with E-state index in [0.29, 0.717) is 28.2 Å². The van der Waals surface area contributed by atoms with Crippen LogP contribution in [-0.4, -0.2) is 30.0 Å². The molecule has 0 saturated carbocycles. The van der Waals surface area contributed by atoms with Gasteiger partial charge in [-0.1, -0.05) is 54.2 Å². The summed E-state index contributed by atoms with van der Waals surface area (Å²) >= 11 is 1.09. The first-order valence-corrected chi connectivity index (χ1v) is 13.9. The summed E-state index contributed by atoms with van der Waals surface area (Å²) in [6.45, 7) is 3.84. The van der Waals surface area contributed by atoms with E-state index in [1.54, 1.807) is 19.1 Å². The summed E-state index contributed by atoms with van der Waals surface area (Å²) in [5.74, 6) is -0.679. The fourth-order valence-corrected chi connectivity index (χ4v) is 6.31. The number of thioether (sulfide) groups is 1. The zero-order valence-corrected chi connectivity index (χ0v) is 21.7. The number of aryl methyl sites for hydroxylation is 2. The predicted octanol–water partition coefficient (Wildman–Crippen LogP) is 5.34. The molecule has 0 fully saturated rings. The quantitative estimate of drug-likeness (QED) is 0.265. The van der Waals surface area contributed by atoms with Gasteiger partial charge in [-0.3, -0.25) is 9.10 Å². The van der Waals surface area contributed by atoms with Crippen molar-refractivity contribution < 1.29 is 17.6 Å². The lowest BCUT2D eigenvalue weighted by molar-refractivity contribution is -0.113. The number of carbonyl (C=O) groups excluding carboxylic acids is 1. The van der Waals surface area contributed by atoms with Crippen LogP contribution < -0.4 is 9.62 Å². The van der Waals surface area contributed by atoms with Crippen molar-refractivity contribution in [3.63, 3.8) is 0 Å². The number of hydrogen-bond donors (Lipinski definition) is 1. The van der Waals surface area contributed by atoms with Crippen LogP contribution in [0.3, 0.4) is 0 Å². The van der Waals surface area contributed by atoms with E-state index >= 15 is 0 Å². The van der Waals surface area contributed by atoms with E-state index in [9.17, 15) is 17.6 Å². The average Bonchev–Trinajstić information content (AvgIpc) is 2.88. The first-order valence-electron chi connectivity index (χ1n) is 11.5. The number of fused-ring (bicyclic) bond motifs is 3. The number of nitrogens with zero attached hydrogens (tertiary/aromatic N) is 3. The van der Waals surface area contributed by atoms with Gasteiger partial charge in [0.15, 0.2) is 5.16 Å². The molecule has 0 bridgehead atoms. The molecule has 3 aromatic carbocycles. The van der Waals surface area contributed by atoms with E-state index in [2.05, 4.69) is 15.3 Å². The molecule has 0 aliphatic carbocycles. The average molecular weight is 535 g/mol. The van der Waals surface area contributed by atoms with Crippen LogP contribution in [0.2, 0.25) is 0 Å². The number of benzene rings is 3. The van der Waals surface area contributed by atoms with Gasteiger partial charge in [0.1, 0.15) is 10.7 Å². The van der Waals surface area contributed by atoms with Gasteiger partial charge in [-0.05, 0) is 54.8 Å². The number of anilines is 2. The summed E-state index contributed by atoms with van der Waals surface area (Å²) < 4.78 is 42.0. The van der Waals surface area contributed by atoms with Crippen LogP contribution in [0.4, 0.5) is 15.8 Å². The van der Waals surface area contributed by atoms with Gasteiger partial charge in [-0.2, -0.15) is 0 Å². The summed E-state index contributed by atoms with van der Waals surface area (Å²) in [7, 11) is -3.92. The zero-order valence-electron chi connectivity index (χ0n) is 20.1. The van der Waals surface area contributed by atoms with Gasteiger partial charge < -0.3 is 5.32 Å². The number of halogens is 1. The minimum atomic E-state index is -3.92. The Morgan fingerprint density at radius 3 is 2.57 bits per heavy atom. The third-order valence-corrected chi connectivity index (χ3v) is 8.72. The molecule has 1 amide bonds. The Morgan fingerprint density at radius 2 is 1.78 bits per heavy atom. The molecular weight excluding hydrogens is 511 g/mol. The highest BCUT2D eigenvalue weighted by atomic mass is 32.2. The topological polar surface area (TPSA) is 92.3 Å². The van der Waals surface area contributed by atoms with E-state index in [1.807, 2.05) is 43.3 Å². The minimum absolute atomic E-state index is 0.00338. The minimum Gasteiger partial charge on any atom is -0.325 e. The van der Waals surface area contributed by atoms with Crippen molar-refractivity contribution in [2.24, 2.45) is 0 Å². The largest absolute Gasteiger partial charge is 0.325 e. The Hall–Kier alpha value is -3.76. The number of amides is 1. The van der Waals surface area contributed by atoms with Gasteiger partial charge in [0.2, 0.25) is 5.91 Å². The summed E-state index contributed by atoms with van der Waals surface area (Å²) in [6.07, 6.45) is 1.31. The molecule has 0 spiro atoms. The number of carbonyl (C=O) groups is 1. The van der Waals surface area contributed by atoms with Crippen molar-refractivity contribution in [3.8, 4) is 11.3 Å². The standard InChI is InChI=1S/C27H23FN4O3S2/c1-17-7-3-4-8-19(17)15-32-23-10-6-5-9-21(23)26-24(37(32,34)35)14-29-27(31-26)36-16-25(33)30-22-12-11-20(28)13-18(22)2/h3-14H,15-16H2,1-2H3,(H,30,33). The molecule has 1 aliphatic heterocycles. The molecule has 37 heavy (non-hydrogen) atoms. The molecule has 7 nitrogen and oxygen atoms in total. The first-order chi connectivity index (χ1) is 17.7. The van der Waals surface area contributed by atoms with Crippen molar-refractivity contribution in [2.75, 3.05) is 15.4 Å². The lowest BCUT2D eigenvalue weighted by Crippen LogP contribution is -2.34. The molecule has 188 valence electrons. The normalized spacial score (nSPS) is 13.5.